The number of hydrogen-bond donors (Lipinski definition) is 2. The fourth-order valence-electron chi connectivity index (χ4n) is 5.79. The molecule has 0 saturated carbocycles. The molecule has 2 aliphatic heterocycles. The second kappa shape index (κ2) is 8.77. The highest BCUT2D eigenvalue weighted by atomic mass is 19.1. The molecule has 0 aliphatic carbocycles. The number of carboxylic acid groups (broad SMARTS) is 1. The van der Waals surface area contributed by atoms with Crippen molar-refractivity contribution in [1.82, 2.24) is 14.8 Å². The van der Waals surface area contributed by atoms with E-state index in [0.717, 1.165) is 46.8 Å². The number of hydrogen-bond acceptors (Lipinski definition) is 4. The standard InChI is InChI=1S/C27H28FN3O4/c1-15-10-19(3-4-21(15)28)31-23-11-18-13-29-30-22(18)12-20(23)25(26(31)16-6-8-34-9-7-16)17-2-5-24(27(32)33)35-14-17/h3-4,10-13,16-17,24H,2,5-9,14H2,1H3,(H,29,30)(H,32,33)/t17-,24?/m1/s1. The number of rotatable bonds is 4. The van der Waals surface area contributed by atoms with E-state index in [2.05, 4.69) is 26.9 Å². The van der Waals surface area contributed by atoms with Gasteiger partial charge in [-0.2, -0.15) is 5.10 Å². The topological polar surface area (TPSA) is 89.4 Å². The smallest absolute Gasteiger partial charge is 0.332 e. The molecule has 2 aromatic carbocycles. The minimum absolute atomic E-state index is 0.0640. The zero-order valence-electron chi connectivity index (χ0n) is 19.6. The van der Waals surface area contributed by atoms with Gasteiger partial charge in [-0.05, 0) is 74.1 Å². The minimum Gasteiger partial charge on any atom is -0.479 e. The Morgan fingerprint density at radius 1 is 1.14 bits per heavy atom. The van der Waals surface area contributed by atoms with E-state index in [1.54, 1.807) is 6.92 Å². The molecule has 1 unspecified atom stereocenters. The van der Waals surface area contributed by atoms with Crippen LogP contribution in [0.4, 0.5) is 4.39 Å². The van der Waals surface area contributed by atoms with E-state index < -0.39 is 12.1 Å². The van der Waals surface area contributed by atoms with Crippen molar-refractivity contribution in [2.24, 2.45) is 0 Å². The van der Waals surface area contributed by atoms with Gasteiger partial charge in [0.15, 0.2) is 6.10 Å². The molecule has 2 fully saturated rings. The summed E-state index contributed by atoms with van der Waals surface area (Å²) in [5.74, 6) is -0.800. The average molecular weight is 478 g/mol. The Labute approximate surface area is 201 Å². The lowest BCUT2D eigenvalue weighted by molar-refractivity contribution is -0.153. The van der Waals surface area contributed by atoms with Gasteiger partial charge in [-0.3, -0.25) is 5.10 Å². The Kier molecular flexibility index (Phi) is 5.57. The summed E-state index contributed by atoms with van der Waals surface area (Å²) in [6.45, 7) is 3.53. The van der Waals surface area contributed by atoms with Gasteiger partial charge in [0, 0.05) is 47.2 Å². The Morgan fingerprint density at radius 3 is 2.69 bits per heavy atom. The van der Waals surface area contributed by atoms with Gasteiger partial charge in [-0.25, -0.2) is 9.18 Å². The van der Waals surface area contributed by atoms with Crippen molar-refractivity contribution in [3.63, 3.8) is 0 Å². The van der Waals surface area contributed by atoms with Crippen LogP contribution in [-0.2, 0) is 14.3 Å². The number of aliphatic carboxylic acids is 1. The van der Waals surface area contributed by atoms with Crippen LogP contribution in [0.3, 0.4) is 0 Å². The van der Waals surface area contributed by atoms with Crippen LogP contribution < -0.4 is 0 Å². The molecule has 182 valence electrons. The Morgan fingerprint density at radius 2 is 1.97 bits per heavy atom. The molecule has 35 heavy (non-hydrogen) atoms. The predicted molar refractivity (Wildman–Crippen MR) is 130 cm³/mol. The highest BCUT2D eigenvalue weighted by Gasteiger charge is 2.35. The third kappa shape index (κ3) is 3.81. The van der Waals surface area contributed by atoms with Crippen LogP contribution in [0.5, 0.6) is 0 Å². The number of ether oxygens (including phenoxy) is 2. The number of carboxylic acids is 1. The number of fused-ring (bicyclic) bond motifs is 2. The second-order valence-electron chi connectivity index (χ2n) is 9.72. The van der Waals surface area contributed by atoms with Gasteiger partial charge in [0.05, 0.1) is 23.8 Å². The van der Waals surface area contributed by atoms with Crippen LogP contribution in [0.2, 0.25) is 0 Å². The highest BCUT2D eigenvalue weighted by molar-refractivity contribution is 5.99. The quantitative estimate of drug-likeness (QED) is 0.422. The predicted octanol–water partition coefficient (Wildman–Crippen LogP) is 5.20. The van der Waals surface area contributed by atoms with Gasteiger partial charge in [-0.15, -0.1) is 0 Å². The normalized spacial score (nSPS) is 21.7. The lowest BCUT2D eigenvalue weighted by Gasteiger charge is -2.31. The van der Waals surface area contributed by atoms with E-state index in [1.165, 1.54) is 17.3 Å². The fraction of sp³-hybridized carbons (Fsp3) is 0.407. The van der Waals surface area contributed by atoms with Crippen LogP contribution in [0.15, 0.2) is 36.5 Å². The van der Waals surface area contributed by atoms with Crippen molar-refractivity contribution in [2.45, 2.75) is 50.5 Å². The number of nitrogens with zero attached hydrogens (tertiary/aromatic N) is 2. The van der Waals surface area contributed by atoms with Crippen LogP contribution >= 0.6 is 0 Å². The molecule has 4 aromatic rings. The summed E-state index contributed by atoms with van der Waals surface area (Å²) in [4.78, 5) is 11.5. The molecule has 4 heterocycles. The molecule has 6 rings (SSSR count). The zero-order chi connectivity index (χ0) is 24.1. The Bertz CT molecular complexity index is 1410. The summed E-state index contributed by atoms with van der Waals surface area (Å²) in [6, 6.07) is 9.56. The maximum absolute atomic E-state index is 14.2. The van der Waals surface area contributed by atoms with Crippen LogP contribution in [0.1, 0.15) is 54.3 Å². The molecule has 7 nitrogen and oxygen atoms in total. The summed E-state index contributed by atoms with van der Waals surface area (Å²) in [6.07, 6.45) is 4.06. The summed E-state index contributed by atoms with van der Waals surface area (Å²) in [5, 5.41) is 18.9. The molecule has 2 atom stereocenters. The van der Waals surface area contributed by atoms with Crippen molar-refractivity contribution >= 4 is 27.8 Å². The number of benzene rings is 2. The van der Waals surface area contributed by atoms with Crippen molar-refractivity contribution in [2.75, 3.05) is 19.8 Å². The molecular weight excluding hydrogens is 449 g/mol. The third-order valence-electron chi connectivity index (χ3n) is 7.57. The molecular formula is C27H28FN3O4. The van der Waals surface area contributed by atoms with Gasteiger partial charge in [0.25, 0.3) is 0 Å². The van der Waals surface area contributed by atoms with Gasteiger partial charge in [-0.1, -0.05) is 0 Å². The Hall–Kier alpha value is -3.23. The lowest BCUT2D eigenvalue weighted by Crippen LogP contribution is -2.31. The van der Waals surface area contributed by atoms with Crippen molar-refractivity contribution in [3.8, 4) is 5.69 Å². The molecule has 0 radical (unpaired) electrons. The van der Waals surface area contributed by atoms with Crippen LogP contribution in [0, 0.1) is 12.7 Å². The van der Waals surface area contributed by atoms with Crippen LogP contribution in [-0.4, -0.2) is 51.8 Å². The number of H-pyrrole nitrogens is 1. The number of halogens is 1. The second-order valence-corrected chi connectivity index (χ2v) is 9.72. The van der Waals surface area contributed by atoms with E-state index in [4.69, 9.17) is 9.47 Å². The molecule has 2 saturated heterocycles. The summed E-state index contributed by atoms with van der Waals surface area (Å²) >= 11 is 0. The zero-order valence-corrected chi connectivity index (χ0v) is 19.6. The SMILES string of the molecule is Cc1cc(-n2c(C3CCOCC3)c([C@@H]3CCC(C(=O)O)OC3)c3cc4[nH]ncc4cc32)ccc1F. The maximum Gasteiger partial charge on any atom is 0.332 e. The van der Waals surface area contributed by atoms with Crippen molar-refractivity contribution in [1.29, 1.82) is 0 Å². The number of aromatic amines is 1. The summed E-state index contributed by atoms with van der Waals surface area (Å²) < 4.78 is 28.0. The molecule has 2 aromatic heterocycles. The molecule has 0 spiro atoms. The summed E-state index contributed by atoms with van der Waals surface area (Å²) in [7, 11) is 0. The lowest BCUT2D eigenvalue weighted by atomic mass is 9.84. The average Bonchev–Trinajstić information content (AvgIpc) is 3.46. The molecule has 0 amide bonds. The first-order chi connectivity index (χ1) is 17.0. The van der Waals surface area contributed by atoms with Gasteiger partial charge in [0.1, 0.15) is 5.82 Å². The Balaban J connectivity index is 1.62. The largest absolute Gasteiger partial charge is 0.479 e. The first-order valence-electron chi connectivity index (χ1n) is 12.2. The van der Waals surface area contributed by atoms with E-state index in [9.17, 15) is 14.3 Å². The van der Waals surface area contributed by atoms with Gasteiger partial charge in [0.2, 0.25) is 0 Å². The molecule has 0 bridgehead atoms. The monoisotopic (exact) mass is 477 g/mol. The van der Waals surface area contributed by atoms with Crippen LogP contribution in [0.25, 0.3) is 27.5 Å². The van der Waals surface area contributed by atoms with E-state index >= 15 is 0 Å². The number of aromatic nitrogens is 3. The van der Waals surface area contributed by atoms with Gasteiger partial charge < -0.3 is 19.1 Å². The van der Waals surface area contributed by atoms with E-state index in [-0.39, 0.29) is 17.7 Å². The maximum atomic E-state index is 14.2. The van der Waals surface area contributed by atoms with Gasteiger partial charge >= 0.3 is 5.97 Å². The minimum atomic E-state index is -0.906. The first-order valence-corrected chi connectivity index (χ1v) is 12.2. The fourth-order valence-corrected chi connectivity index (χ4v) is 5.79. The third-order valence-corrected chi connectivity index (χ3v) is 7.57. The molecule has 8 heteroatoms. The van der Waals surface area contributed by atoms with Crippen molar-refractivity contribution < 1.29 is 23.8 Å². The van der Waals surface area contributed by atoms with E-state index in [0.29, 0.717) is 31.8 Å². The highest BCUT2D eigenvalue weighted by Crippen LogP contribution is 2.45. The summed E-state index contributed by atoms with van der Waals surface area (Å²) in [5.41, 5.74) is 5.92. The number of nitrogens with one attached hydrogen (secondary N) is 1. The first kappa shape index (κ1) is 22.2. The number of aryl methyl sites for hydroxylation is 1. The molecule has 2 N–H and O–H groups in total. The van der Waals surface area contributed by atoms with E-state index in [1.807, 2.05) is 18.3 Å². The molecule has 2 aliphatic rings. The number of carbonyl (C=O) groups is 1. The van der Waals surface area contributed by atoms with Crippen molar-refractivity contribution in [3.05, 3.63) is 59.2 Å².